The molecule has 0 spiro atoms. The van der Waals surface area contributed by atoms with Crippen molar-refractivity contribution in [2.45, 2.75) is 12.6 Å². The molecule has 0 bridgehead atoms. The number of ether oxygens (including phenoxy) is 1. The molecule has 0 N–H and O–H groups in total. The SMILES string of the molecule is COc1ccc2cc(C(=O)CC(=O)C(F)(F)F)ccc2c1. The van der Waals surface area contributed by atoms with Gasteiger partial charge in [-0.25, -0.2) is 0 Å². The van der Waals surface area contributed by atoms with Gasteiger partial charge in [0, 0.05) is 5.56 Å². The van der Waals surface area contributed by atoms with Crippen LogP contribution in [0.3, 0.4) is 0 Å². The summed E-state index contributed by atoms with van der Waals surface area (Å²) >= 11 is 0. The van der Waals surface area contributed by atoms with Gasteiger partial charge in [0.2, 0.25) is 5.78 Å². The fraction of sp³-hybridized carbons (Fsp3) is 0.200. The number of benzene rings is 2. The van der Waals surface area contributed by atoms with Gasteiger partial charge < -0.3 is 4.74 Å². The average molecular weight is 296 g/mol. The van der Waals surface area contributed by atoms with Gasteiger partial charge in [-0.3, -0.25) is 9.59 Å². The van der Waals surface area contributed by atoms with E-state index in [0.29, 0.717) is 11.1 Å². The highest BCUT2D eigenvalue weighted by molar-refractivity contribution is 6.10. The van der Waals surface area contributed by atoms with Crippen LogP contribution >= 0.6 is 0 Å². The van der Waals surface area contributed by atoms with Crippen LogP contribution in [0, 0.1) is 0 Å². The number of alkyl halides is 3. The summed E-state index contributed by atoms with van der Waals surface area (Å²) < 4.78 is 41.5. The molecule has 0 unspecified atom stereocenters. The second-order valence-corrected chi connectivity index (χ2v) is 4.45. The summed E-state index contributed by atoms with van der Waals surface area (Å²) in [5.41, 5.74) is 0.0743. The van der Waals surface area contributed by atoms with E-state index in [9.17, 15) is 22.8 Å². The Balaban J connectivity index is 2.27. The van der Waals surface area contributed by atoms with E-state index < -0.39 is 24.2 Å². The molecule has 2 rings (SSSR count). The molecule has 0 aliphatic carbocycles. The van der Waals surface area contributed by atoms with Gasteiger partial charge in [0.05, 0.1) is 13.5 Å². The summed E-state index contributed by atoms with van der Waals surface area (Å²) in [6.07, 6.45) is -6.16. The molecule has 21 heavy (non-hydrogen) atoms. The molecule has 0 atom stereocenters. The fourth-order valence-corrected chi connectivity index (χ4v) is 1.87. The van der Waals surface area contributed by atoms with Gasteiger partial charge in [-0.2, -0.15) is 13.2 Å². The van der Waals surface area contributed by atoms with E-state index in [-0.39, 0.29) is 5.56 Å². The highest BCUT2D eigenvalue weighted by Crippen LogP contribution is 2.24. The molecule has 2 aromatic rings. The molecule has 0 amide bonds. The number of carbonyl (C=O) groups is 2. The molecule has 0 aromatic heterocycles. The number of carbonyl (C=O) groups excluding carboxylic acids is 2. The van der Waals surface area contributed by atoms with Gasteiger partial charge in [-0.15, -0.1) is 0 Å². The van der Waals surface area contributed by atoms with Crippen LogP contribution in [-0.4, -0.2) is 24.9 Å². The van der Waals surface area contributed by atoms with Gasteiger partial charge >= 0.3 is 6.18 Å². The Kier molecular flexibility index (Phi) is 3.97. The van der Waals surface area contributed by atoms with E-state index in [1.165, 1.54) is 19.2 Å². The number of fused-ring (bicyclic) bond motifs is 1. The topological polar surface area (TPSA) is 43.4 Å². The molecule has 2 aromatic carbocycles. The van der Waals surface area contributed by atoms with Crippen LogP contribution in [0.15, 0.2) is 36.4 Å². The Bertz CT molecular complexity index is 705. The molecule has 0 fully saturated rings. The maximum atomic E-state index is 12.1. The van der Waals surface area contributed by atoms with Crippen molar-refractivity contribution in [1.29, 1.82) is 0 Å². The lowest BCUT2D eigenvalue weighted by atomic mass is 10.0. The highest BCUT2D eigenvalue weighted by atomic mass is 19.4. The Labute approximate surface area is 118 Å². The first-order valence-electron chi connectivity index (χ1n) is 6.02. The average Bonchev–Trinajstić information content (AvgIpc) is 2.44. The van der Waals surface area contributed by atoms with Crippen LogP contribution in [0.2, 0.25) is 0 Å². The Morgan fingerprint density at radius 2 is 1.67 bits per heavy atom. The smallest absolute Gasteiger partial charge is 0.450 e. The van der Waals surface area contributed by atoms with Crippen molar-refractivity contribution in [2.24, 2.45) is 0 Å². The monoisotopic (exact) mass is 296 g/mol. The van der Waals surface area contributed by atoms with Gasteiger partial charge in [0.25, 0.3) is 0 Å². The lowest BCUT2D eigenvalue weighted by Gasteiger charge is -2.06. The maximum absolute atomic E-state index is 12.1. The molecular formula is C15H11F3O3. The van der Waals surface area contributed by atoms with Crippen molar-refractivity contribution in [1.82, 2.24) is 0 Å². The maximum Gasteiger partial charge on any atom is 0.450 e. The van der Waals surface area contributed by atoms with Crippen molar-refractivity contribution in [3.8, 4) is 5.75 Å². The van der Waals surface area contributed by atoms with E-state index >= 15 is 0 Å². The van der Waals surface area contributed by atoms with E-state index in [2.05, 4.69) is 0 Å². The quantitative estimate of drug-likeness (QED) is 0.640. The number of rotatable bonds is 4. The molecule has 0 aliphatic rings. The zero-order valence-electron chi connectivity index (χ0n) is 11.0. The first-order chi connectivity index (χ1) is 9.81. The predicted octanol–water partition coefficient (Wildman–Crippen LogP) is 3.55. The van der Waals surface area contributed by atoms with Crippen LogP contribution in [0.5, 0.6) is 5.75 Å². The number of hydrogen-bond acceptors (Lipinski definition) is 3. The minimum Gasteiger partial charge on any atom is -0.497 e. The normalized spacial score (nSPS) is 11.4. The number of halogens is 3. The second-order valence-electron chi connectivity index (χ2n) is 4.45. The first kappa shape index (κ1) is 15.0. The van der Waals surface area contributed by atoms with E-state index in [4.69, 9.17) is 4.74 Å². The minimum atomic E-state index is -4.99. The number of hydrogen-bond donors (Lipinski definition) is 0. The van der Waals surface area contributed by atoms with E-state index in [0.717, 1.165) is 5.39 Å². The van der Waals surface area contributed by atoms with Crippen LogP contribution in [0.25, 0.3) is 10.8 Å². The van der Waals surface area contributed by atoms with Crippen LogP contribution in [0.4, 0.5) is 13.2 Å². The van der Waals surface area contributed by atoms with E-state index in [1.807, 2.05) is 0 Å². The van der Waals surface area contributed by atoms with Crippen molar-refractivity contribution in [3.05, 3.63) is 42.0 Å². The molecule has 3 nitrogen and oxygen atoms in total. The summed E-state index contributed by atoms with van der Waals surface area (Å²) in [5, 5.41) is 1.47. The third-order valence-electron chi connectivity index (χ3n) is 3.01. The summed E-state index contributed by atoms with van der Waals surface area (Å²) in [5.74, 6) is -2.26. The molecule has 110 valence electrons. The van der Waals surface area contributed by atoms with Crippen LogP contribution in [0.1, 0.15) is 16.8 Å². The molecule has 0 radical (unpaired) electrons. The molecule has 0 saturated carbocycles. The molecule has 0 saturated heterocycles. The molecule has 0 heterocycles. The fourth-order valence-electron chi connectivity index (χ4n) is 1.87. The van der Waals surface area contributed by atoms with E-state index in [1.54, 1.807) is 24.3 Å². The largest absolute Gasteiger partial charge is 0.497 e. The minimum absolute atomic E-state index is 0.0743. The highest BCUT2D eigenvalue weighted by Gasteiger charge is 2.39. The zero-order valence-corrected chi connectivity index (χ0v) is 11.0. The molecular weight excluding hydrogens is 285 g/mol. The van der Waals surface area contributed by atoms with Gasteiger partial charge in [-0.1, -0.05) is 18.2 Å². The zero-order chi connectivity index (χ0) is 15.6. The lowest BCUT2D eigenvalue weighted by Crippen LogP contribution is -2.25. The van der Waals surface area contributed by atoms with Gasteiger partial charge in [-0.05, 0) is 29.0 Å². The Hall–Kier alpha value is -2.37. The Morgan fingerprint density at radius 3 is 2.29 bits per heavy atom. The van der Waals surface area contributed by atoms with Gasteiger partial charge in [0.15, 0.2) is 5.78 Å². The summed E-state index contributed by atoms with van der Waals surface area (Å²) in [7, 11) is 1.52. The second kappa shape index (κ2) is 5.55. The number of methoxy groups -OCH3 is 1. The summed E-state index contributed by atoms with van der Waals surface area (Å²) in [6.45, 7) is 0. The number of ketones is 2. The van der Waals surface area contributed by atoms with Crippen LogP contribution < -0.4 is 4.74 Å². The summed E-state index contributed by atoms with van der Waals surface area (Å²) in [6, 6.07) is 9.57. The first-order valence-corrected chi connectivity index (χ1v) is 6.02. The van der Waals surface area contributed by atoms with Crippen molar-refractivity contribution in [2.75, 3.05) is 7.11 Å². The van der Waals surface area contributed by atoms with Crippen molar-refractivity contribution in [3.63, 3.8) is 0 Å². The molecule has 6 heteroatoms. The standard InChI is InChI=1S/C15H11F3O3/c1-21-12-5-4-9-6-11(3-2-10(9)7-12)13(19)8-14(20)15(16,17)18/h2-7H,8H2,1H3. The Morgan fingerprint density at radius 1 is 1.05 bits per heavy atom. The summed E-state index contributed by atoms with van der Waals surface area (Å²) in [4.78, 5) is 22.6. The lowest BCUT2D eigenvalue weighted by molar-refractivity contribution is -0.170. The third-order valence-corrected chi connectivity index (χ3v) is 3.01. The van der Waals surface area contributed by atoms with Gasteiger partial charge in [0.1, 0.15) is 5.75 Å². The third kappa shape index (κ3) is 3.39. The molecule has 0 aliphatic heterocycles. The predicted molar refractivity (Wildman–Crippen MR) is 70.5 cm³/mol. The number of Topliss-reactive ketones (excluding diaryl/α,β-unsaturated/α-hetero) is 2. The van der Waals surface area contributed by atoms with Crippen LogP contribution in [-0.2, 0) is 4.79 Å². The van der Waals surface area contributed by atoms with Crippen molar-refractivity contribution >= 4 is 22.3 Å². The van der Waals surface area contributed by atoms with Crippen molar-refractivity contribution < 1.29 is 27.5 Å².